The third kappa shape index (κ3) is 9.54. The van der Waals surface area contributed by atoms with Crippen molar-refractivity contribution in [3.8, 4) is 0 Å². The molecule has 4 amide bonds. The summed E-state index contributed by atoms with van der Waals surface area (Å²) in [5.74, 6) is -1.37. The number of para-hydroxylation sites is 1. The average molecular weight is 639 g/mol. The Hall–Kier alpha value is -3.92. The van der Waals surface area contributed by atoms with E-state index in [0.29, 0.717) is 41.4 Å². The van der Waals surface area contributed by atoms with Gasteiger partial charge in [0.2, 0.25) is 23.6 Å². The van der Waals surface area contributed by atoms with E-state index in [9.17, 15) is 19.2 Å². The van der Waals surface area contributed by atoms with Gasteiger partial charge in [-0.25, -0.2) is 0 Å². The second kappa shape index (κ2) is 15.7. The fourth-order valence-electron chi connectivity index (χ4n) is 5.32. The van der Waals surface area contributed by atoms with E-state index in [1.165, 1.54) is 11.9 Å². The maximum absolute atomic E-state index is 13.8. The number of anilines is 1. The van der Waals surface area contributed by atoms with Crippen molar-refractivity contribution in [2.75, 3.05) is 18.5 Å². The molecule has 0 bridgehead atoms. The van der Waals surface area contributed by atoms with Crippen molar-refractivity contribution in [2.45, 2.75) is 56.7 Å². The summed E-state index contributed by atoms with van der Waals surface area (Å²) < 4.78 is 0. The van der Waals surface area contributed by atoms with E-state index < -0.39 is 24.0 Å². The summed E-state index contributed by atoms with van der Waals surface area (Å²) in [6.45, 7) is -0.275. The molecule has 0 radical (unpaired) electrons. The molecule has 3 atom stereocenters. The first kappa shape index (κ1) is 33.0. The molecule has 44 heavy (non-hydrogen) atoms. The quantitative estimate of drug-likeness (QED) is 0.241. The maximum atomic E-state index is 13.8. The van der Waals surface area contributed by atoms with Crippen LogP contribution in [0.25, 0.3) is 0 Å². The van der Waals surface area contributed by atoms with Gasteiger partial charge in [0, 0.05) is 47.7 Å². The van der Waals surface area contributed by atoms with Crippen molar-refractivity contribution < 1.29 is 19.2 Å². The molecule has 1 heterocycles. The number of hydrogen-bond donors (Lipinski definition) is 4. The smallest absolute Gasteiger partial charge is 0.250 e. The summed E-state index contributed by atoms with van der Waals surface area (Å²) in [5, 5.41) is 9.59. The summed E-state index contributed by atoms with van der Waals surface area (Å²) in [4.78, 5) is 53.9. The topological polar surface area (TPSA) is 134 Å². The van der Waals surface area contributed by atoms with Crippen LogP contribution in [0.1, 0.15) is 36.0 Å². The predicted molar refractivity (Wildman–Crippen MR) is 173 cm³/mol. The van der Waals surface area contributed by atoms with Gasteiger partial charge >= 0.3 is 0 Å². The van der Waals surface area contributed by atoms with Crippen LogP contribution < -0.4 is 26.6 Å². The number of fused-ring (bicyclic) bond motifs is 1. The highest BCUT2D eigenvalue weighted by Gasteiger charge is 2.33. The summed E-state index contributed by atoms with van der Waals surface area (Å²) in [7, 11) is 1.54. The Labute approximate surface area is 267 Å². The molecular formula is C33H37Cl2N5O4. The normalized spacial score (nSPS) is 15.9. The second-order valence-electron chi connectivity index (χ2n) is 11.0. The molecule has 5 N–H and O–H groups in total. The van der Waals surface area contributed by atoms with Crippen LogP contribution in [0.15, 0.2) is 72.8 Å². The molecule has 0 aromatic heterocycles. The van der Waals surface area contributed by atoms with Crippen LogP contribution >= 0.6 is 23.2 Å². The van der Waals surface area contributed by atoms with Crippen molar-refractivity contribution in [2.24, 2.45) is 5.73 Å². The number of nitrogens with two attached hydrogens (primary N) is 1. The maximum Gasteiger partial charge on any atom is 0.250 e. The Bertz CT molecular complexity index is 1470. The van der Waals surface area contributed by atoms with E-state index in [1.54, 1.807) is 36.4 Å². The van der Waals surface area contributed by atoms with E-state index >= 15 is 0 Å². The molecule has 3 aromatic carbocycles. The van der Waals surface area contributed by atoms with Gasteiger partial charge in [0.1, 0.15) is 12.6 Å². The van der Waals surface area contributed by atoms with Crippen LogP contribution in [0.4, 0.5) is 5.69 Å². The molecule has 4 rings (SSSR count). The lowest BCUT2D eigenvalue weighted by Gasteiger charge is -2.27. The van der Waals surface area contributed by atoms with Crippen molar-refractivity contribution >= 4 is 52.5 Å². The average Bonchev–Trinajstić information content (AvgIpc) is 3.11. The number of carbonyl (C=O) groups is 4. The van der Waals surface area contributed by atoms with Gasteiger partial charge in [-0.05, 0) is 72.7 Å². The van der Waals surface area contributed by atoms with Gasteiger partial charge in [-0.1, -0.05) is 65.7 Å². The minimum atomic E-state index is -0.832. The molecule has 0 fully saturated rings. The molecule has 3 aromatic rings. The third-order valence-electron chi connectivity index (χ3n) is 7.52. The number of nitrogens with one attached hydrogen (secondary N) is 3. The number of nitrogens with zero attached hydrogens (tertiary/aromatic N) is 1. The highest BCUT2D eigenvalue weighted by atomic mass is 35.5. The Balaban J connectivity index is 1.44. The molecule has 1 aliphatic rings. The van der Waals surface area contributed by atoms with Gasteiger partial charge < -0.3 is 26.6 Å². The molecule has 0 aliphatic carbocycles. The Morgan fingerprint density at radius 1 is 0.864 bits per heavy atom. The molecule has 0 saturated heterocycles. The van der Waals surface area contributed by atoms with E-state index in [4.69, 9.17) is 28.9 Å². The summed E-state index contributed by atoms with van der Waals surface area (Å²) in [6.07, 6.45) is 1.89. The van der Waals surface area contributed by atoms with Gasteiger partial charge in [0.15, 0.2) is 0 Å². The Morgan fingerprint density at radius 3 is 2.11 bits per heavy atom. The van der Waals surface area contributed by atoms with Crippen LogP contribution in [0, 0.1) is 0 Å². The van der Waals surface area contributed by atoms with Crippen molar-refractivity contribution in [1.29, 1.82) is 0 Å². The zero-order valence-electron chi connectivity index (χ0n) is 24.5. The number of hydrogen-bond acceptors (Lipinski definition) is 5. The zero-order valence-corrected chi connectivity index (χ0v) is 26.0. The predicted octanol–water partition coefficient (Wildman–Crippen LogP) is 3.58. The van der Waals surface area contributed by atoms with Crippen LogP contribution in [-0.4, -0.2) is 55.3 Å². The number of aryl methyl sites for hydroxylation is 1. The van der Waals surface area contributed by atoms with Crippen molar-refractivity contribution in [3.63, 3.8) is 0 Å². The first-order chi connectivity index (χ1) is 21.1. The minimum absolute atomic E-state index is 0.0334. The van der Waals surface area contributed by atoms with Crippen LogP contribution in [0.5, 0.6) is 0 Å². The summed E-state index contributed by atoms with van der Waals surface area (Å²) in [6, 6.07) is 20.1. The van der Waals surface area contributed by atoms with E-state index in [1.807, 2.05) is 36.4 Å². The van der Waals surface area contributed by atoms with E-state index in [0.717, 1.165) is 16.7 Å². The number of benzene rings is 3. The van der Waals surface area contributed by atoms with E-state index in [2.05, 4.69) is 16.0 Å². The van der Waals surface area contributed by atoms with Gasteiger partial charge in [-0.2, -0.15) is 0 Å². The largest absolute Gasteiger partial charge is 0.359 e. The number of halogens is 2. The van der Waals surface area contributed by atoms with Gasteiger partial charge in [-0.15, -0.1) is 0 Å². The Morgan fingerprint density at radius 2 is 1.48 bits per heavy atom. The standard InChI is InChI=1S/C33H37Cl2N5O4/c1-37-30(41)19-27(17-22-8-13-25(35)14-9-22)38-32(43)20-40-29-5-3-2-4-23(29)10-15-28(33(40)44)39-31(42)18-26(36)16-21-6-11-24(34)12-7-21/h2-9,11-14,26-28H,10,15-20,36H2,1H3,(H,37,41)(H,38,43)(H,39,42)/t26-,27+,28-/m0/s1. The number of carbonyl (C=O) groups excluding carboxylic acids is 4. The number of amides is 4. The van der Waals surface area contributed by atoms with Gasteiger partial charge in [0.25, 0.3) is 0 Å². The SMILES string of the molecule is CNC(=O)C[C@@H](Cc1ccc(Cl)cc1)NC(=O)CN1C(=O)[C@@H](NC(=O)C[C@@H](N)Cc2ccc(Cl)cc2)CCc2ccccc21. The second-order valence-corrected chi connectivity index (χ2v) is 11.9. The van der Waals surface area contributed by atoms with Gasteiger partial charge in [0.05, 0.1) is 0 Å². The minimum Gasteiger partial charge on any atom is -0.359 e. The zero-order chi connectivity index (χ0) is 31.6. The van der Waals surface area contributed by atoms with Crippen LogP contribution in [-0.2, 0) is 38.4 Å². The molecular weight excluding hydrogens is 601 g/mol. The fraction of sp³-hybridized carbons (Fsp3) is 0.333. The van der Waals surface area contributed by atoms with Crippen molar-refractivity contribution in [1.82, 2.24) is 16.0 Å². The first-order valence-corrected chi connectivity index (χ1v) is 15.3. The lowest BCUT2D eigenvalue weighted by Crippen LogP contribution is -2.52. The third-order valence-corrected chi connectivity index (χ3v) is 8.02. The van der Waals surface area contributed by atoms with Gasteiger partial charge in [-0.3, -0.25) is 19.2 Å². The lowest BCUT2D eigenvalue weighted by atomic mass is 10.0. The highest BCUT2D eigenvalue weighted by molar-refractivity contribution is 6.30. The molecule has 0 spiro atoms. The fourth-order valence-corrected chi connectivity index (χ4v) is 5.57. The van der Waals surface area contributed by atoms with Crippen LogP contribution in [0.3, 0.4) is 0 Å². The van der Waals surface area contributed by atoms with E-state index in [-0.39, 0.29) is 37.1 Å². The molecule has 1 aliphatic heterocycles. The summed E-state index contributed by atoms with van der Waals surface area (Å²) in [5.41, 5.74) is 9.62. The highest BCUT2D eigenvalue weighted by Crippen LogP contribution is 2.27. The molecule has 232 valence electrons. The van der Waals surface area contributed by atoms with Crippen LogP contribution in [0.2, 0.25) is 10.0 Å². The molecule has 9 nitrogen and oxygen atoms in total. The van der Waals surface area contributed by atoms with Crippen molar-refractivity contribution in [3.05, 3.63) is 99.5 Å². The monoisotopic (exact) mass is 637 g/mol. The summed E-state index contributed by atoms with van der Waals surface area (Å²) >= 11 is 12.0. The molecule has 11 heteroatoms. The number of rotatable bonds is 12. The molecule has 0 saturated carbocycles. The first-order valence-electron chi connectivity index (χ1n) is 14.5. The molecule has 0 unspecified atom stereocenters. The lowest BCUT2D eigenvalue weighted by molar-refractivity contribution is -0.128. The Kier molecular flexibility index (Phi) is 11.8.